The topological polar surface area (TPSA) is 77.2 Å². The van der Waals surface area contributed by atoms with Crippen LogP contribution in [-0.2, 0) is 6.54 Å². The van der Waals surface area contributed by atoms with Gasteiger partial charge in [-0.2, -0.15) is 0 Å². The first-order chi connectivity index (χ1) is 8.20. The number of pyridine rings is 1. The number of carboxylic acid groups (broad SMARTS) is 1. The fourth-order valence-electron chi connectivity index (χ4n) is 1.48. The highest BCUT2D eigenvalue weighted by molar-refractivity contribution is 5.84. The zero-order valence-corrected chi connectivity index (χ0v) is 9.20. The first-order valence-electron chi connectivity index (χ1n) is 4.93. The van der Waals surface area contributed by atoms with Crippen molar-refractivity contribution in [2.24, 2.45) is 0 Å². The Kier molecular flexibility index (Phi) is 3.04. The number of hydrogen-bond donors (Lipinski definition) is 1. The Morgan fingerprint density at radius 2 is 2.35 bits per heavy atom. The highest BCUT2D eigenvalue weighted by Gasteiger charge is 2.08. The molecule has 0 aromatic carbocycles. The van der Waals surface area contributed by atoms with Gasteiger partial charge in [0.25, 0.3) is 0 Å². The van der Waals surface area contributed by atoms with E-state index in [4.69, 9.17) is 9.84 Å². The molecule has 0 saturated carbocycles. The predicted molar refractivity (Wildman–Crippen MR) is 59.1 cm³/mol. The summed E-state index contributed by atoms with van der Waals surface area (Å²) in [7, 11) is 1.54. The molecule has 2 heterocycles. The minimum absolute atomic E-state index is 0.0212. The van der Waals surface area contributed by atoms with E-state index in [1.807, 2.05) is 6.07 Å². The Hall–Kier alpha value is -2.37. The minimum Gasteiger partial charge on any atom is -0.481 e. The molecule has 0 unspecified atom stereocenters. The molecule has 6 heteroatoms. The molecule has 2 aromatic rings. The van der Waals surface area contributed by atoms with Crippen LogP contribution in [0.1, 0.15) is 16.1 Å². The van der Waals surface area contributed by atoms with E-state index in [-0.39, 0.29) is 5.69 Å². The molecule has 6 nitrogen and oxygen atoms in total. The Morgan fingerprint density at radius 3 is 3.00 bits per heavy atom. The molecular weight excluding hydrogens is 222 g/mol. The quantitative estimate of drug-likeness (QED) is 0.853. The number of rotatable bonds is 4. The van der Waals surface area contributed by atoms with Gasteiger partial charge in [-0.25, -0.2) is 14.8 Å². The van der Waals surface area contributed by atoms with Crippen LogP contribution in [0.2, 0.25) is 0 Å². The van der Waals surface area contributed by atoms with Crippen molar-refractivity contribution in [2.45, 2.75) is 6.54 Å². The SMILES string of the molecule is COc1ncccc1Cn1cnc(C(=O)O)c1. The zero-order chi connectivity index (χ0) is 12.3. The molecule has 0 amide bonds. The largest absolute Gasteiger partial charge is 0.481 e. The summed E-state index contributed by atoms with van der Waals surface area (Å²) in [6.45, 7) is 0.470. The number of imidazole rings is 1. The monoisotopic (exact) mass is 233 g/mol. The minimum atomic E-state index is -1.04. The first kappa shape index (κ1) is 11.1. The average molecular weight is 233 g/mol. The Labute approximate surface area is 97.5 Å². The van der Waals surface area contributed by atoms with Gasteiger partial charge in [-0.1, -0.05) is 6.07 Å². The maximum Gasteiger partial charge on any atom is 0.356 e. The van der Waals surface area contributed by atoms with Gasteiger partial charge in [0.05, 0.1) is 20.0 Å². The smallest absolute Gasteiger partial charge is 0.356 e. The van der Waals surface area contributed by atoms with Gasteiger partial charge in [0.1, 0.15) is 0 Å². The molecule has 0 fully saturated rings. The molecule has 0 saturated heterocycles. The Bertz CT molecular complexity index is 536. The van der Waals surface area contributed by atoms with Crippen LogP contribution in [0.15, 0.2) is 30.9 Å². The van der Waals surface area contributed by atoms with Gasteiger partial charge in [0.15, 0.2) is 5.69 Å². The average Bonchev–Trinajstić information content (AvgIpc) is 2.78. The van der Waals surface area contributed by atoms with E-state index in [1.54, 1.807) is 23.9 Å². The molecule has 1 N–H and O–H groups in total. The highest BCUT2D eigenvalue weighted by atomic mass is 16.5. The number of carboxylic acids is 1. The summed E-state index contributed by atoms with van der Waals surface area (Å²) in [4.78, 5) is 18.5. The molecule has 0 aliphatic carbocycles. The van der Waals surface area contributed by atoms with Crippen molar-refractivity contribution in [1.29, 1.82) is 0 Å². The molecule has 17 heavy (non-hydrogen) atoms. The number of aromatic carboxylic acids is 1. The normalized spacial score (nSPS) is 10.2. The van der Waals surface area contributed by atoms with Crippen molar-refractivity contribution in [2.75, 3.05) is 7.11 Å². The second kappa shape index (κ2) is 4.65. The van der Waals surface area contributed by atoms with Gasteiger partial charge in [0, 0.05) is 18.0 Å². The number of ether oxygens (including phenoxy) is 1. The molecule has 2 rings (SSSR count). The van der Waals surface area contributed by atoms with Crippen molar-refractivity contribution >= 4 is 5.97 Å². The molecule has 0 spiro atoms. The highest BCUT2D eigenvalue weighted by Crippen LogP contribution is 2.15. The molecule has 88 valence electrons. The van der Waals surface area contributed by atoms with E-state index in [1.165, 1.54) is 12.5 Å². The fourth-order valence-corrected chi connectivity index (χ4v) is 1.48. The van der Waals surface area contributed by atoms with Gasteiger partial charge >= 0.3 is 5.97 Å². The van der Waals surface area contributed by atoms with Gasteiger partial charge in [0.2, 0.25) is 5.88 Å². The van der Waals surface area contributed by atoms with Crippen molar-refractivity contribution in [3.63, 3.8) is 0 Å². The molecule has 0 atom stereocenters. The fraction of sp³-hybridized carbons (Fsp3) is 0.182. The summed E-state index contributed by atoms with van der Waals surface area (Å²) in [6.07, 6.45) is 4.57. The third-order valence-electron chi connectivity index (χ3n) is 2.25. The van der Waals surface area contributed by atoms with E-state index < -0.39 is 5.97 Å². The van der Waals surface area contributed by atoms with Crippen LogP contribution in [0.5, 0.6) is 5.88 Å². The van der Waals surface area contributed by atoms with Gasteiger partial charge in [-0.3, -0.25) is 0 Å². The van der Waals surface area contributed by atoms with Crippen LogP contribution in [-0.4, -0.2) is 32.7 Å². The van der Waals surface area contributed by atoms with Crippen LogP contribution in [0.3, 0.4) is 0 Å². The van der Waals surface area contributed by atoms with Crippen LogP contribution in [0.25, 0.3) is 0 Å². The summed E-state index contributed by atoms with van der Waals surface area (Å²) in [5.74, 6) is -0.514. The molecule has 0 aliphatic heterocycles. The summed E-state index contributed by atoms with van der Waals surface area (Å²) in [5.41, 5.74) is 0.886. The van der Waals surface area contributed by atoms with E-state index in [0.29, 0.717) is 12.4 Å². The van der Waals surface area contributed by atoms with Gasteiger partial charge in [-0.15, -0.1) is 0 Å². The van der Waals surface area contributed by atoms with Crippen LogP contribution in [0.4, 0.5) is 0 Å². The lowest BCUT2D eigenvalue weighted by Crippen LogP contribution is -2.01. The third kappa shape index (κ3) is 2.41. The molecule has 2 aromatic heterocycles. The molecule has 0 aliphatic rings. The Balaban J connectivity index is 2.22. The molecular formula is C11H11N3O3. The maximum absolute atomic E-state index is 10.7. The lowest BCUT2D eigenvalue weighted by atomic mass is 10.2. The predicted octanol–water partition coefficient (Wildman–Crippen LogP) is 1.03. The third-order valence-corrected chi connectivity index (χ3v) is 2.25. The summed E-state index contributed by atoms with van der Waals surface area (Å²) in [6, 6.07) is 3.67. The number of nitrogens with zero attached hydrogens (tertiary/aromatic N) is 3. The zero-order valence-electron chi connectivity index (χ0n) is 9.20. The lowest BCUT2D eigenvalue weighted by Gasteiger charge is -2.06. The maximum atomic E-state index is 10.7. The van der Waals surface area contributed by atoms with E-state index in [2.05, 4.69) is 9.97 Å². The summed E-state index contributed by atoms with van der Waals surface area (Å²) >= 11 is 0. The van der Waals surface area contributed by atoms with Gasteiger partial charge < -0.3 is 14.4 Å². The number of hydrogen-bond acceptors (Lipinski definition) is 4. The second-order valence-corrected chi connectivity index (χ2v) is 3.41. The van der Waals surface area contributed by atoms with E-state index >= 15 is 0 Å². The lowest BCUT2D eigenvalue weighted by molar-refractivity contribution is 0.0691. The molecule has 0 bridgehead atoms. The standard InChI is InChI=1S/C11H11N3O3/c1-17-10-8(3-2-4-12-10)5-14-6-9(11(15)16)13-7-14/h2-4,6-7H,5H2,1H3,(H,15,16). The van der Waals surface area contributed by atoms with Crippen LogP contribution in [0, 0.1) is 0 Å². The van der Waals surface area contributed by atoms with Crippen molar-refractivity contribution in [3.8, 4) is 5.88 Å². The van der Waals surface area contributed by atoms with E-state index in [0.717, 1.165) is 5.56 Å². The number of aromatic nitrogens is 3. The second-order valence-electron chi connectivity index (χ2n) is 3.41. The van der Waals surface area contributed by atoms with Gasteiger partial charge in [-0.05, 0) is 6.07 Å². The summed E-state index contributed by atoms with van der Waals surface area (Å²) in [5, 5.41) is 8.75. The van der Waals surface area contributed by atoms with Crippen LogP contribution < -0.4 is 4.74 Å². The van der Waals surface area contributed by atoms with Crippen LogP contribution >= 0.6 is 0 Å². The van der Waals surface area contributed by atoms with E-state index in [9.17, 15) is 4.79 Å². The number of methoxy groups -OCH3 is 1. The summed E-state index contributed by atoms with van der Waals surface area (Å²) < 4.78 is 6.78. The molecule has 0 radical (unpaired) electrons. The Morgan fingerprint density at radius 1 is 1.53 bits per heavy atom. The van der Waals surface area contributed by atoms with Crippen molar-refractivity contribution in [3.05, 3.63) is 42.1 Å². The first-order valence-corrected chi connectivity index (χ1v) is 4.93. The number of carbonyl (C=O) groups is 1. The van der Waals surface area contributed by atoms with Crippen molar-refractivity contribution in [1.82, 2.24) is 14.5 Å². The van der Waals surface area contributed by atoms with Crippen molar-refractivity contribution < 1.29 is 14.6 Å².